The quantitative estimate of drug-likeness (QED) is 0.463. The molecule has 0 saturated carbocycles. The summed E-state index contributed by atoms with van der Waals surface area (Å²) in [5.41, 5.74) is 0. The first-order valence-corrected chi connectivity index (χ1v) is 6.95. The van der Waals surface area contributed by atoms with Gasteiger partial charge < -0.3 is 5.11 Å². The Morgan fingerprint density at radius 2 is 1.86 bits per heavy atom. The molecule has 86 valence electrons. The topological polar surface area (TPSA) is 66.4 Å². The molecule has 6 heteroatoms. The lowest BCUT2D eigenvalue weighted by Gasteiger charge is -2.04. The average Bonchev–Trinajstić information content (AvgIpc) is 2.15. The molecule has 4 nitrogen and oxygen atoms in total. The molecule has 0 aliphatic carbocycles. The number of sulfonamides is 1. The summed E-state index contributed by atoms with van der Waals surface area (Å²) in [5.74, 6) is 0.460. The van der Waals surface area contributed by atoms with Gasteiger partial charge in [-0.3, -0.25) is 0 Å². The third-order valence-corrected chi connectivity index (χ3v) is 3.44. The van der Waals surface area contributed by atoms with E-state index >= 15 is 0 Å². The van der Waals surface area contributed by atoms with Crippen LogP contribution >= 0.6 is 11.6 Å². The lowest BCUT2D eigenvalue weighted by atomic mass is 10.2. The van der Waals surface area contributed by atoms with Crippen LogP contribution in [0.25, 0.3) is 0 Å². The standard InChI is InChI=1S/C8H18ClNO3S/c9-5-4-8-14(12,13)10-6-2-1-3-7-11/h10-11H,1-8H2. The molecule has 0 aromatic heterocycles. The molecule has 0 heterocycles. The highest BCUT2D eigenvalue weighted by atomic mass is 35.5. The summed E-state index contributed by atoms with van der Waals surface area (Å²) >= 11 is 5.39. The van der Waals surface area contributed by atoms with Crippen LogP contribution in [-0.4, -0.2) is 38.3 Å². The summed E-state index contributed by atoms with van der Waals surface area (Å²) in [4.78, 5) is 0. The van der Waals surface area contributed by atoms with E-state index in [1.165, 1.54) is 0 Å². The van der Waals surface area contributed by atoms with Crippen LogP contribution in [0.2, 0.25) is 0 Å². The smallest absolute Gasteiger partial charge is 0.211 e. The maximum absolute atomic E-state index is 11.2. The van der Waals surface area contributed by atoms with E-state index in [1.807, 2.05) is 0 Å². The number of hydrogen-bond donors (Lipinski definition) is 2. The van der Waals surface area contributed by atoms with Gasteiger partial charge in [0.2, 0.25) is 10.0 Å². The molecular weight excluding hydrogens is 226 g/mol. The lowest BCUT2D eigenvalue weighted by Crippen LogP contribution is -2.27. The monoisotopic (exact) mass is 243 g/mol. The minimum Gasteiger partial charge on any atom is -0.396 e. The highest BCUT2D eigenvalue weighted by molar-refractivity contribution is 7.89. The van der Waals surface area contributed by atoms with Crippen molar-refractivity contribution < 1.29 is 13.5 Å². The number of aliphatic hydroxyl groups excluding tert-OH is 1. The Hall–Kier alpha value is 0.160. The lowest BCUT2D eigenvalue weighted by molar-refractivity contribution is 0.283. The summed E-state index contributed by atoms with van der Waals surface area (Å²) < 4.78 is 24.9. The van der Waals surface area contributed by atoms with E-state index in [1.54, 1.807) is 0 Å². The largest absolute Gasteiger partial charge is 0.396 e. The van der Waals surface area contributed by atoms with Crippen molar-refractivity contribution >= 4 is 21.6 Å². The minimum atomic E-state index is -3.13. The van der Waals surface area contributed by atoms with Gasteiger partial charge in [-0.05, 0) is 25.7 Å². The molecule has 2 N–H and O–H groups in total. The summed E-state index contributed by atoms with van der Waals surface area (Å²) in [6.07, 6.45) is 2.81. The molecule has 0 fully saturated rings. The molecule has 0 saturated heterocycles. The van der Waals surface area contributed by atoms with Crippen molar-refractivity contribution in [3.05, 3.63) is 0 Å². The number of alkyl halides is 1. The van der Waals surface area contributed by atoms with Crippen molar-refractivity contribution in [1.29, 1.82) is 0 Å². The van der Waals surface area contributed by atoms with Crippen LogP contribution in [0.5, 0.6) is 0 Å². The predicted molar refractivity (Wildman–Crippen MR) is 58.1 cm³/mol. The van der Waals surface area contributed by atoms with E-state index in [9.17, 15) is 8.42 Å². The SMILES string of the molecule is O=S(=O)(CCCCl)NCCCCCO. The molecular formula is C8H18ClNO3S. The highest BCUT2D eigenvalue weighted by Crippen LogP contribution is 1.95. The molecule has 0 spiro atoms. The maximum atomic E-state index is 11.2. The van der Waals surface area contributed by atoms with Gasteiger partial charge in [0.15, 0.2) is 0 Å². The molecule has 0 aromatic carbocycles. The second-order valence-electron chi connectivity index (χ2n) is 3.04. The molecule has 0 rings (SSSR count). The fraction of sp³-hybridized carbons (Fsp3) is 1.00. The molecule has 0 aliphatic rings. The van der Waals surface area contributed by atoms with Crippen LogP contribution in [0, 0.1) is 0 Å². The van der Waals surface area contributed by atoms with E-state index < -0.39 is 10.0 Å². The van der Waals surface area contributed by atoms with Crippen molar-refractivity contribution in [2.75, 3.05) is 24.8 Å². The zero-order chi connectivity index (χ0) is 10.9. The Bertz CT molecular complexity index is 219. The van der Waals surface area contributed by atoms with Gasteiger partial charge in [0, 0.05) is 19.0 Å². The van der Waals surface area contributed by atoms with Crippen LogP contribution in [-0.2, 0) is 10.0 Å². The number of halogens is 1. The van der Waals surface area contributed by atoms with Gasteiger partial charge in [0.25, 0.3) is 0 Å². The first-order chi connectivity index (χ1) is 6.62. The Balaban J connectivity index is 3.46. The van der Waals surface area contributed by atoms with Crippen LogP contribution in [0.1, 0.15) is 25.7 Å². The molecule has 0 bridgehead atoms. The van der Waals surface area contributed by atoms with E-state index in [0.717, 1.165) is 19.3 Å². The van der Waals surface area contributed by atoms with Crippen LogP contribution in [0.3, 0.4) is 0 Å². The molecule has 0 amide bonds. The highest BCUT2D eigenvalue weighted by Gasteiger charge is 2.07. The predicted octanol–water partition coefficient (Wildman–Crippen LogP) is 0.697. The Kier molecular flexibility index (Phi) is 8.56. The number of nitrogens with one attached hydrogen (secondary N) is 1. The Labute approximate surface area is 90.7 Å². The van der Waals surface area contributed by atoms with Crippen molar-refractivity contribution in [3.63, 3.8) is 0 Å². The van der Waals surface area contributed by atoms with Crippen molar-refractivity contribution in [2.45, 2.75) is 25.7 Å². The second-order valence-corrected chi connectivity index (χ2v) is 5.34. The van der Waals surface area contributed by atoms with Gasteiger partial charge in [-0.2, -0.15) is 0 Å². The van der Waals surface area contributed by atoms with E-state index in [2.05, 4.69) is 4.72 Å². The fourth-order valence-corrected chi connectivity index (χ4v) is 2.37. The maximum Gasteiger partial charge on any atom is 0.211 e. The first kappa shape index (κ1) is 14.2. The molecule has 0 atom stereocenters. The Morgan fingerprint density at radius 1 is 1.14 bits per heavy atom. The number of rotatable bonds is 9. The number of aliphatic hydroxyl groups is 1. The van der Waals surface area contributed by atoms with Gasteiger partial charge in [-0.1, -0.05) is 0 Å². The number of unbranched alkanes of at least 4 members (excludes halogenated alkanes) is 2. The zero-order valence-electron chi connectivity index (χ0n) is 8.21. The minimum absolute atomic E-state index is 0.0938. The van der Waals surface area contributed by atoms with Gasteiger partial charge in [0.1, 0.15) is 0 Å². The van der Waals surface area contributed by atoms with Crippen LogP contribution in [0.15, 0.2) is 0 Å². The summed E-state index contributed by atoms with van der Waals surface area (Å²) in [6, 6.07) is 0. The normalized spacial score (nSPS) is 11.9. The van der Waals surface area contributed by atoms with Crippen molar-refractivity contribution in [1.82, 2.24) is 4.72 Å². The van der Waals surface area contributed by atoms with Gasteiger partial charge >= 0.3 is 0 Å². The van der Waals surface area contributed by atoms with Gasteiger partial charge in [-0.25, -0.2) is 13.1 Å². The fourth-order valence-electron chi connectivity index (χ4n) is 0.958. The number of hydrogen-bond acceptors (Lipinski definition) is 3. The average molecular weight is 244 g/mol. The zero-order valence-corrected chi connectivity index (χ0v) is 9.78. The van der Waals surface area contributed by atoms with E-state index in [0.29, 0.717) is 18.8 Å². The molecule has 0 radical (unpaired) electrons. The van der Waals surface area contributed by atoms with Crippen molar-refractivity contribution in [3.8, 4) is 0 Å². The summed E-state index contributed by atoms with van der Waals surface area (Å²) in [5, 5.41) is 8.49. The van der Waals surface area contributed by atoms with Crippen LogP contribution in [0.4, 0.5) is 0 Å². The van der Waals surface area contributed by atoms with Gasteiger partial charge in [-0.15, -0.1) is 11.6 Å². The first-order valence-electron chi connectivity index (χ1n) is 4.76. The molecule has 0 aliphatic heterocycles. The summed E-state index contributed by atoms with van der Waals surface area (Å²) in [6.45, 7) is 0.615. The molecule has 0 aromatic rings. The third-order valence-electron chi connectivity index (χ3n) is 1.70. The molecule has 14 heavy (non-hydrogen) atoms. The van der Waals surface area contributed by atoms with Crippen molar-refractivity contribution in [2.24, 2.45) is 0 Å². The summed E-state index contributed by atoms with van der Waals surface area (Å²) in [7, 11) is -3.13. The van der Waals surface area contributed by atoms with E-state index in [4.69, 9.17) is 16.7 Å². The van der Waals surface area contributed by atoms with E-state index in [-0.39, 0.29) is 12.4 Å². The van der Waals surface area contributed by atoms with Crippen LogP contribution < -0.4 is 4.72 Å². The Morgan fingerprint density at radius 3 is 2.43 bits per heavy atom. The molecule has 0 unspecified atom stereocenters. The second kappa shape index (κ2) is 8.47. The van der Waals surface area contributed by atoms with Gasteiger partial charge in [0.05, 0.1) is 5.75 Å². The third kappa shape index (κ3) is 8.74.